The first-order valence-corrected chi connectivity index (χ1v) is 24.8. The van der Waals surface area contributed by atoms with Crippen molar-refractivity contribution < 1.29 is 33.8 Å². The summed E-state index contributed by atoms with van der Waals surface area (Å²) >= 11 is 0. The van der Waals surface area contributed by atoms with Crippen LogP contribution >= 0.6 is 0 Å². The second-order valence-electron chi connectivity index (χ2n) is 18.7. The Kier molecular flexibility index (Phi) is 14.1. The van der Waals surface area contributed by atoms with Gasteiger partial charge in [-0.3, -0.25) is 19.4 Å². The van der Waals surface area contributed by atoms with Crippen LogP contribution in [-0.2, 0) is 27.2 Å². The summed E-state index contributed by atoms with van der Waals surface area (Å²) in [4.78, 5) is 33.4. The van der Waals surface area contributed by atoms with Crippen LogP contribution in [0.25, 0.3) is 11.6 Å². The van der Waals surface area contributed by atoms with E-state index in [-0.39, 0.29) is 48.9 Å². The molecule has 2 saturated heterocycles. The van der Waals surface area contributed by atoms with Gasteiger partial charge in [0.25, 0.3) is 8.32 Å². The number of benzene rings is 4. The molecule has 2 amide bonds. The Morgan fingerprint density at radius 3 is 1.97 bits per heavy atom. The third-order valence-corrected chi connectivity index (χ3v) is 18.8. The van der Waals surface area contributed by atoms with Gasteiger partial charge in [-0.15, -0.1) is 0 Å². The maximum atomic E-state index is 14.8. The molecule has 4 aromatic carbocycles. The Hall–Kier alpha value is -5.20. The molecule has 334 valence electrons. The number of hydrogen-bond acceptors (Lipinski definition) is 8. The highest BCUT2D eigenvalue weighted by molar-refractivity contribution is 6.99. The number of carbonyl (C=O) groups is 2. The molecule has 0 bridgehead atoms. The number of nitrogens with zero attached hydrogens (tertiary/aromatic N) is 2. The quantitative estimate of drug-likeness (QED) is 0.0527. The first-order chi connectivity index (χ1) is 31.0. The van der Waals surface area contributed by atoms with E-state index in [4.69, 9.17) is 8.84 Å². The van der Waals surface area contributed by atoms with Crippen molar-refractivity contribution in [2.24, 2.45) is 17.8 Å². The van der Waals surface area contributed by atoms with E-state index in [0.717, 1.165) is 46.7 Å². The summed E-state index contributed by atoms with van der Waals surface area (Å²) in [6.07, 6.45) is 3.24. The highest BCUT2D eigenvalue weighted by Crippen LogP contribution is 2.48. The number of carbonyl (C=O) groups excluding carboxylic acids is 2. The average Bonchev–Trinajstić information content (AvgIpc) is 3.88. The van der Waals surface area contributed by atoms with Crippen LogP contribution in [-0.4, -0.2) is 83.7 Å². The second kappa shape index (κ2) is 19.9. The Balaban J connectivity index is 1.14. The van der Waals surface area contributed by atoms with E-state index in [1.165, 1.54) is 10.5 Å². The monoisotopic (exact) mass is 878 g/mol. The molecule has 2 fully saturated rings. The molecule has 10 heteroatoms. The number of piperidine rings is 1. The molecule has 3 heterocycles. The Morgan fingerprint density at radius 1 is 0.812 bits per heavy atom. The lowest BCUT2D eigenvalue weighted by Gasteiger charge is -2.44. The molecule has 0 spiro atoms. The standard InChI is InChI=1S/C54H62N2O7Si/c1-54(2,3)64(45-20-12-6-13-21-45,46-22-14-7-15-23-46)62-37-41-33-47-51(53(61)56(52(47)60)42-28-30-55(31-29-42)34-38-16-8-4-9-17-38)48(36-58)50(41)49(59)27-24-40(39-18-10-5-11-19-39)32-43-25-26-44(35-57)63-43/h4-23,25-26,32,42,47-49,51,57-59H,24,27-31,33-37H2,1-3H3/b40-32-/t47-,48+,49-,51-/m1/s1. The molecule has 0 saturated carbocycles. The number of allylic oxidation sites excluding steroid dienone is 1. The molecule has 3 N–H and O–H groups in total. The van der Waals surface area contributed by atoms with Crippen molar-refractivity contribution in [2.75, 3.05) is 26.3 Å². The molecular weight excluding hydrogens is 817 g/mol. The summed E-state index contributed by atoms with van der Waals surface area (Å²) < 4.78 is 13.4. The molecule has 1 aromatic heterocycles. The number of amides is 2. The summed E-state index contributed by atoms with van der Waals surface area (Å²) in [6.45, 7) is 8.55. The lowest BCUT2D eigenvalue weighted by Crippen LogP contribution is -2.66. The van der Waals surface area contributed by atoms with E-state index in [9.17, 15) is 24.9 Å². The number of aliphatic hydroxyl groups is 3. The number of furan rings is 1. The minimum absolute atomic E-state index is 0.135. The molecule has 5 aromatic rings. The van der Waals surface area contributed by atoms with Crippen molar-refractivity contribution in [3.05, 3.63) is 167 Å². The van der Waals surface area contributed by atoms with Gasteiger partial charge in [0.15, 0.2) is 0 Å². The van der Waals surface area contributed by atoms with Crippen LogP contribution in [0.5, 0.6) is 0 Å². The summed E-state index contributed by atoms with van der Waals surface area (Å²) in [5.74, 6) is -1.60. The molecule has 8 rings (SSSR count). The van der Waals surface area contributed by atoms with Crippen molar-refractivity contribution in [1.29, 1.82) is 0 Å². The number of rotatable bonds is 16. The van der Waals surface area contributed by atoms with Crippen LogP contribution in [0, 0.1) is 17.8 Å². The maximum Gasteiger partial charge on any atom is 0.261 e. The zero-order valence-electron chi connectivity index (χ0n) is 37.3. The van der Waals surface area contributed by atoms with Gasteiger partial charge in [0.2, 0.25) is 11.8 Å². The highest BCUT2D eigenvalue weighted by Gasteiger charge is 2.57. The maximum absolute atomic E-state index is 14.8. The normalized spacial score (nSPS) is 20.8. The van der Waals surface area contributed by atoms with Crippen LogP contribution in [0.15, 0.2) is 149 Å². The van der Waals surface area contributed by atoms with Gasteiger partial charge in [-0.25, -0.2) is 0 Å². The number of imide groups is 1. The Morgan fingerprint density at radius 2 is 1.41 bits per heavy atom. The van der Waals surface area contributed by atoms with Crippen molar-refractivity contribution in [3.63, 3.8) is 0 Å². The summed E-state index contributed by atoms with van der Waals surface area (Å²) in [7, 11) is -3.08. The van der Waals surface area contributed by atoms with Crippen molar-refractivity contribution in [1.82, 2.24) is 9.80 Å². The van der Waals surface area contributed by atoms with Crippen molar-refractivity contribution in [3.8, 4) is 0 Å². The molecule has 2 aliphatic heterocycles. The molecule has 4 atom stereocenters. The predicted molar refractivity (Wildman–Crippen MR) is 254 cm³/mol. The summed E-state index contributed by atoms with van der Waals surface area (Å²) in [5.41, 5.74) is 4.51. The van der Waals surface area contributed by atoms with Gasteiger partial charge in [0, 0.05) is 31.6 Å². The third kappa shape index (κ3) is 9.31. The number of fused-ring (bicyclic) bond motifs is 1. The molecular formula is C54H62N2O7Si. The molecule has 0 radical (unpaired) electrons. The second-order valence-corrected chi connectivity index (χ2v) is 23.0. The third-order valence-electron chi connectivity index (χ3n) is 13.8. The van der Waals surface area contributed by atoms with Crippen LogP contribution in [0.3, 0.4) is 0 Å². The minimum Gasteiger partial charge on any atom is -0.459 e. The topological polar surface area (TPSA) is 124 Å². The van der Waals surface area contributed by atoms with E-state index in [1.807, 2.05) is 97.1 Å². The molecule has 64 heavy (non-hydrogen) atoms. The van der Waals surface area contributed by atoms with Crippen LogP contribution in [0.4, 0.5) is 0 Å². The molecule has 0 unspecified atom stereocenters. The van der Waals surface area contributed by atoms with Gasteiger partial charge in [0.05, 0.1) is 31.2 Å². The minimum atomic E-state index is -3.08. The van der Waals surface area contributed by atoms with Crippen LogP contribution < -0.4 is 10.4 Å². The summed E-state index contributed by atoms with van der Waals surface area (Å²) in [5, 5.41) is 35.6. The van der Waals surface area contributed by atoms with Crippen LogP contribution in [0.1, 0.15) is 75.5 Å². The first kappa shape index (κ1) is 45.4. The van der Waals surface area contributed by atoms with E-state index in [1.54, 1.807) is 6.07 Å². The van der Waals surface area contributed by atoms with Crippen molar-refractivity contribution >= 4 is 42.2 Å². The highest BCUT2D eigenvalue weighted by atomic mass is 28.4. The molecule has 3 aliphatic rings. The molecule has 9 nitrogen and oxygen atoms in total. The number of hydrogen-bond donors (Lipinski definition) is 3. The van der Waals surface area contributed by atoms with E-state index >= 15 is 0 Å². The number of likely N-dealkylation sites (tertiary alicyclic amines) is 2. The number of aliphatic hydroxyl groups excluding tert-OH is 3. The van der Waals surface area contributed by atoms with Gasteiger partial charge in [-0.1, -0.05) is 142 Å². The van der Waals surface area contributed by atoms with E-state index in [2.05, 4.69) is 62.1 Å². The van der Waals surface area contributed by atoms with E-state index in [0.29, 0.717) is 36.4 Å². The van der Waals surface area contributed by atoms with Gasteiger partial charge in [0.1, 0.15) is 18.1 Å². The Bertz CT molecular complexity index is 2360. The fourth-order valence-corrected chi connectivity index (χ4v) is 15.3. The first-order valence-electron chi connectivity index (χ1n) is 22.9. The van der Waals surface area contributed by atoms with Gasteiger partial charge < -0.3 is 24.2 Å². The van der Waals surface area contributed by atoms with Crippen LogP contribution in [0.2, 0.25) is 5.04 Å². The fourth-order valence-electron chi connectivity index (χ4n) is 10.7. The lowest BCUT2D eigenvalue weighted by molar-refractivity contribution is -0.144. The zero-order valence-corrected chi connectivity index (χ0v) is 38.3. The smallest absolute Gasteiger partial charge is 0.261 e. The van der Waals surface area contributed by atoms with Crippen molar-refractivity contribution in [2.45, 2.75) is 83.2 Å². The fraction of sp³-hybridized carbons (Fsp3) is 0.370. The predicted octanol–water partition coefficient (Wildman–Crippen LogP) is 7.60. The van der Waals surface area contributed by atoms with Gasteiger partial charge in [-0.2, -0.15) is 0 Å². The summed E-state index contributed by atoms with van der Waals surface area (Å²) in [6, 6.07) is 44.4. The van der Waals surface area contributed by atoms with Gasteiger partial charge >= 0.3 is 0 Å². The van der Waals surface area contributed by atoms with E-state index < -0.39 is 38.8 Å². The molecule has 1 aliphatic carbocycles. The largest absolute Gasteiger partial charge is 0.459 e. The SMILES string of the molecule is CC(C)(C)[Si](OCC1=C([C@H](O)CC/C(=C/c2ccc(CO)o2)c2ccccc2)[C@H](CO)[C@@H]2C(=O)N(C3CCN(Cc4ccccc4)CC3)C(=O)[C@@H]2C1)(c1ccccc1)c1ccccc1. The lowest BCUT2D eigenvalue weighted by atomic mass is 9.68. The average molecular weight is 879 g/mol. The zero-order chi connectivity index (χ0) is 44.8. The van der Waals surface area contributed by atoms with Gasteiger partial charge in [-0.05, 0) is 93.6 Å². The Labute approximate surface area is 378 Å².